The highest BCUT2D eigenvalue weighted by Gasteiger charge is 2.23. The first-order chi connectivity index (χ1) is 11.1. The van der Waals surface area contributed by atoms with Crippen LogP contribution in [-0.2, 0) is 0 Å². The van der Waals surface area contributed by atoms with Gasteiger partial charge in [0.15, 0.2) is 5.78 Å². The zero-order valence-corrected chi connectivity index (χ0v) is 14.6. The fourth-order valence-corrected chi connectivity index (χ4v) is 3.76. The van der Waals surface area contributed by atoms with Gasteiger partial charge in [-0.1, -0.05) is 43.7 Å². The molecule has 0 radical (unpaired) electrons. The van der Waals surface area contributed by atoms with Crippen molar-refractivity contribution in [1.82, 2.24) is 9.78 Å². The van der Waals surface area contributed by atoms with Gasteiger partial charge in [0, 0.05) is 11.4 Å². The van der Waals surface area contributed by atoms with E-state index >= 15 is 0 Å². The van der Waals surface area contributed by atoms with E-state index in [1.165, 1.54) is 32.1 Å². The molecule has 1 aromatic carbocycles. The van der Waals surface area contributed by atoms with Crippen molar-refractivity contribution in [2.45, 2.75) is 52.4 Å². The summed E-state index contributed by atoms with van der Waals surface area (Å²) in [5, 5.41) is 5.28. The van der Waals surface area contributed by atoms with Crippen LogP contribution in [0.4, 0.5) is 0 Å². The van der Waals surface area contributed by atoms with Crippen molar-refractivity contribution in [3.05, 3.63) is 46.2 Å². The summed E-state index contributed by atoms with van der Waals surface area (Å²) in [7, 11) is 0. The molecular formula is C19H23ClN2O. The van der Waals surface area contributed by atoms with Gasteiger partial charge in [0.1, 0.15) is 0 Å². The number of aromatic nitrogens is 2. The molecule has 1 saturated carbocycles. The van der Waals surface area contributed by atoms with E-state index in [2.05, 4.69) is 5.10 Å². The molecular weight excluding hydrogens is 308 g/mol. The maximum absolute atomic E-state index is 12.8. The van der Waals surface area contributed by atoms with Crippen LogP contribution in [0.3, 0.4) is 0 Å². The number of benzene rings is 1. The summed E-state index contributed by atoms with van der Waals surface area (Å²) in [6.45, 7) is 3.90. The Morgan fingerprint density at radius 1 is 1.17 bits per heavy atom. The summed E-state index contributed by atoms with van der Waals surface area (Å²) >= 11 is 5.95. The number of carbonyl (C=O) groups excluding carboxylic acids is 1. The van der Waals surface area contributed by atoms with Crippen LogP contribution < -0.4 is 0 Å². The van der Waals surface area contributed by atoms with E-state index in [0.29, 0.717) is 17.4 Å². The largest absolute Gasteiger partial charge is 0.294 e. The highest BCUT2D eigenvalue weighted by atomic mass is 35.5. The Morgan fingerprint density at radius 3 is 2.48 bits per heavy atom. The summed E-state index contributed by atoms with van der Waals surface area (Å²) in [4.78, 5) is 12.8. The van der Waals surface area contributed by atoms with Crippen molar-refractivity contribution >= 4 is 17.4 Å². The Morgan fingerprint density at radius 2 is 1.83 bits per heavy atom. The second kappa shape index (κ2) is 6.88. The van der Waals surface area contributed by atoms with Gasteiger partial charge in [-0.15, -0.1) is 0 Å². The molecule has 23 heavy (non-hydrogen) atoms. The van der Waals surface area contributed by atoms with Gasteiger partial charge in [0.25, 0.3) is 0 Å². The molecule has 1 aliphatic rings. The number of nitrogens with zero attached hydrogens (tertiary/aromatic N) is 2. The summed E-state index contributed by atoms with van der Waals surface area (Å²) < 4.78 is 1.85. The van der Waals surface area contributed by atoms with Crippen LogP contribution in [0.15, 0.2) is 24.3 Å². The minimum absolute atomic E-state index is 0.243. The van der Waals surface area contributed by atoms with Gasteiger partial charge in [-0.3, -0.25) is 4.79 Å². The molecule has 1 heterocycles. The average Bonchev–Trinajstić information content (AvgIpc) is 2.84. The Kier molecular flexibility index (Phi) is 4.86. The van der Waals surface area contributed by atoms with Gasteiger partial charge in [-0.05, 0) is 44.0 Å². The molecule has 1 aromatic heterocycles. The maximum Gasteiger partial charge on any atom is 0.166 e. The van der Waals surface area contributed by atoms with Crippen molar-refractivity contribution in [1.29, 1.82) is 0 Å². The average molecular weight is 331 g/mol. The molecule has 3 nitrogen and oxygen atoms in total. The molecule has 0 atom stereocenters. The number of hydrogen-bond acceptors (Lipinski definition) is 2. The Bertz CT molecular complexity index is 697. The number of carbonyl (C=O) groups is 1. The van der Waals surface area contributed by atoms with Crippen LogP contribution in [0.1, 0.15) is 60.3 Å². The van der Waals surface area contributed by atoms with Crippen molar-refractivity contribution in [2.75, 3.05) is 0 Å². The SMILES string of the molecule is Cc1nn(-c2ccc(Cl)cc2)c(C)c1C(=O)CC1CCCCC1. The molecule has 0 spiro atoms. The van der Waals surface area contributed by atoms with Crippen LogP contribution in [-0.4, -0.2) is 15.6 Å². The fourth-order valence-electron chi connectivity index (χ4n) is 3.64. The first kappa shape index (κ1) is 16.3. The maximum atomic E-state index is 12.8. The monoisotopic (exact) mass is 330 g/mol. The number of ketones is 1. The van der Waals surface area contributed by atoms with Gasteiger partial charge < -0.3 is 0 Å². The number of hydrogen-bond donors (Lipinski definition) is 0. The third-order valence-corrected chi connectivity index (χ3v) is 5.09. The number of aryl methyl sites for hydroxylation is 1. The molecule has 3 rings (SSSR count). The van der Waals surface area contributed by atoms with Crippen molar-refractivity contribution in [3.8, 4) is 5.69 Å². The fraction of sp³-hybridized carbons (Fsp3) is 0.474. The lowest BCUT2D eigenvalue weighted by Crippen LogP contribution is -2.13. The molecule has 2 aromatic rings. The molecule has 0 bridgehead atoms. The smallest absolute Gasteiger partial charge is 0.166 e. The van der Waals surface area contributed by atoms with Gasteiger partial charge in [0.05, 0.1) is 22.6 Å². The van der Waals surface area contributed by atoms with E-state index in [-0.39, 0.29) is 5.78 Å². The highest BCUT2D eigenvalue weighted by Crippen LogP contribution is 2.29. The molecule has 0 aliphatic heterocycles. The Labute approximate surface area is 142 Å². The molecule has 0 amide bonds. The van der Waals surface area contributed by atoms with Gasteiger partial charge >= 0.3 is 0 Å². The summed E-state index contributed by atoms with van der Waals surface area (Å²) in [5.41, 5.74) is 3.47. The van der Waals surface area contributed by atoms with E-state index < -0.39 is 0 Å². The Balaban J connectivity index is 1.85. The van der Waals surface area contributed by atoms with Crippen LogP contribution in [0.2, 0.25) is 5.02 Å². The summed E-state index contributed by atoms with van der Waals surface area (Å²) in [5.74, 6) is 0.793. The minimum Gasteiger partial charge on any atom is -0.294 e. The molecule has 0 saturated heterocycles. The van der Waals surface area contributed by atoms with E-state index in [1.54, 1.807) is 0 Å². The lowest BCUT2D eigenvalue weighted by Gasteiger charge is -2.20. The highest BCUT2D eigenvalue weighted by molar-refractivity contribution is 6.30. The predicted molar refractivity (Wildman–Crippen MR) is 93.6 cm³/mol. The quantitative estimate of drug-likeness (QED) is 0.713. The van der Waals surface area contributed by atoms with Gasteiger partial charge in [-0.25, -0.2) is 4.68 Å². The lowest BCUT2D eigenvalue weighted by molar-refractivity contribution is 0.0949. The van der Waals surface area contributed by atoms with Crippen LogP contribution in [0.5, 0.6) is 0 Å². The third-order valence-electron chi connectivity index (χ3n) is 4.84. The van der Waals surface area contributed by atoms with Crippen molar-refractivity contribution < 1.29 is 4.79 Å². The second-order valence-electron chi connectivity index (χ2n) is 6.57. The van der Waals surface area contributed by atoms with E-state index in [1.807, 2.05) is 42.8 Å². The first-order valence-electron chi connectivity index (χ1n) is 8.41. The third kappa shape index (κ3) is 3.50. The zero-order valence-electron chi connectivity index (χ0n) is 13.8. The molecule has 1 aliphatic carbocycles. The van der Waals surface area contributed by atoms with Gasteiger partial charge in [-0.2, -0.15) is 5.10 Å². The number of rotatable bonds is 4. The summed E-state index contributed by atoms with van der Waals surface area (Å²) in [6.07, 6.45) is 6.88. The van der Waals surface area contributed by atoms with Gasteiger partial charge in [0.2, 0.25) is 0 Å². The standard InChI is InChI=1S/C19H23ClN2O/c1-13-19(18(23)12-15-6-4-3-5-7-15)14(2)22(21-13)17-10-8-16(20)9-11-17/h8-11,15H,3-7,12H2,1-2H3. The lowest BCUT2D eigenvalue weighted by atomic mass is 9.84. The topological polar surface area (TPSA) is 34.9 Å². The second-order valence-corrected chi connectivity index (χ2v) is 7.00. The predicted octanol–water partition coefficient (Wildman–Crippen LogP) is 5.30. The van der Waals surface area contributed by atoms with E-state index in [0.717, 1.165) is 22.6 Å². The molecule has 0 unspecified atom stereocenters. The molecule has 4 heteroatoms. The first-order valence-corrected chi connectivity index (χ1v) is 8.79. The van der Waals surface area contributed by atoms with E-state index in [9.17, 15) is 4.79 Å². The molecule has 122 valence electrons. The molecule has 1 fully saturated rings. The van der Waals surface area contributed by atoms with Crippen molar-refractivity contribution in [2.24, 2.45) is 5.92 Å². The normalized spacial score (nSPS) is 15.8. The number of Topliss-reactive ketones (excluding diaryl/α,β-unsaturated/α-hetero) is 1. The Hall–Kier alpha value is -1.61. The van der Waals surface area contributed by atoms with Crippen molar-refractivity contribution in [3.63, 3.8) is 0 Å². The van der Waals surface area contributed by atoms with Crippen LogP contribution >= 0.6 is 11.6 Å². The van der Waals surface area contributed by atoms with Crippen LogP contribution in [0, 0.1) is 19.8 Å². The molecule has 0 N–H and O–H groups in total. The zero-order chi connectivity index (χ0) is 16.4. The van der Waals surface area contributed by atoms with Crippen LogP contribution in [0.25, 0.3) is 5.69 Å². The summed E-state index contributed by atoms with van der Waals surface area (Å²) in [6, 6.07) is 7.54. The minimum atomic E-state index is 0.243. The number of halogens is 1. The van der Waals surface area contributed by atoms with E-state index in [4.69, 9.17) is 11.6 Å².